The minimum absolute atomic E-state index is 0.0188. The van der Waals surface area contributed by atoms with Crippen molar-refractivity contribution in [3.05, 3.63) is 30.1 Å². The van der Waals surface area contributed by atoms with Gasteiger partial charge in [0.1, 0.15) is 0 Å². The number of aliphatic hydroxyl groups excluding tert-OH is 1. The Labute approximate surface area is 185 Å². The maximum atomic E-state index is 13.9. The van der Waals surface area contributed by atoms with Crippen LogP contribution in [0.5, 0.6) is 0 Å². The maximum absolute atomic E-state index is 13.9. The van der Waals surface area contributed by atoms with Gasteiger partial charge in [0.2, 0.25) is 0 Å². The van der Waals surface area contributed by atoms with E-state index < -0.39 is 6.10 Å². The van der Waals surface area contributed by atoms with Crippen LogP contribution in [0.3, 0.4) is 0 Å². The van der Waals surface area contributed by atoms with E-state index in [9.17, 15) is 9.90 Å². The number of unbranched alkanes of at least 4 members (excludes halogenated alkanes) is 1. The fourth-order valence-electron chi connectivity index (χ4n) is 4.46. The molecule has 2 heterocycles. The molecule has 1 amide bonds. The molecule has 7 nitrogen and oxygen atoms in total. The second-order valence-electron chi connectivity index (χ2n) is 9.18. The monoisotopic (exact) mass is 430 g/mol. The molecule has 172 valence electrons. The van der Waals surface area contributed by atoms with E-state index in [-0.39, 0.29) is 17.9 Å². The largest absolute Gasteiger partial charge is 0.393 e. The number of carbonyl (C=O) groups is 1. The van der Waals surface area contributed by atoms with E-state index in [4.69, 9.17) is 9.72 Å². The Morgan fingerprint density at radius 3 is 2.77 bits per heavy atom. The van der Waals surface area contributed by atoms with E-state index in [1.807, 2.05) is 36.1 Å². The molecule has 1 aliphatic rings. The Hall–Kier alpha value is -1.96. The van der Waals surface area contributed by atoms with E-state index >= 15 is 0 Å². The average molecular weight is 431 g/mol. The molecule has 3 rings (SSSR count). The predicted molar refractivity (Wildman–Crippen MR) is 123 cm³/mol. The third kappa shape index (κ3) is 5.84. The summed E-state index contributed by atoms with van der Waals surface area (Å²) >= 11 is 0. The number of methoxy groups -OCH3 is 1. The minimum atomic E-state index is -0.392. The van der Waals surface area contributed by atoms with Crippen LogP contribution in [0, 0.1) is 11.8 Å². The van der Waals surface area contributed by atoms with Crippen molar-refractivity contribution < 1.29 is 14.6 Å². The van der Waals surface area contributed by atoms with Crippen LogP contribution in [0.4, 0.5) is 0 Å². The summed E-state index contributed by atoms with van der Waals surface area (Å²) in [6, 6.07) is 8.01. The maximum Gasteiger partial charge on any atom is 0.290 e. The number of aliphatic hydroxyl groups is 1. The molecule has 2 N–H and O–H groups in total. The number of nitrogens with one attached hydrogen (secondary N) is 1. The second-order valence-corrected chi connectivity index (χ2v) is 9.18. The lowest BCUT2D eigenvalue weighted by Crippen LogP contribution is -2.54. The summed E-state index contributed by atoms with van der Waals surface area (Å²) in [4.78, 5) is 20.6. The van der Waals surface area contributed by atoms with Gasteiger partial charge in [0.05, 0.1) is 17.1 Å². The molecule has 7 heteroatoms. The first-order chi connectivity index (χ1) is 14.9. The minimum Gasteiger partial charge on any atom is -0.393 e. The van der Waals surface area contributed by atoms with E-state index in [1.54, 1.807) is 7.11 Å². The first kappa shape index (κ1) is 23.7. The number of amides is 1. The molecule has 1 saturated heterocycles. The summed E-state index contributed by atoms with van der Waals surface area (Å²) in [6.45, 7) is 9.76. The molecule has 1 aromatic heterocycles. The highest BCUT2D eigenvalue weighted by Gasteiger charge is 2.34. The Bertz CT molecular complexity index is 848. The van der Waals surface area contributed by atoms with E-state index in [0.29, 0.717) is 24.9 Å². The Kier molecular flexibility index (Phi) is 8.46. The van der Waals surface area contributed by atoms with Crippen LogP contribution < -0.4 is 5.32 Å². The van der Waals surface area contributed by atoms with Gasteiger partial charge < -0.3 is 24.6 Å². The van der Waals surface area contributed by atoms with E-state index in [0.717, 1.165) is 49.9 Å². The molecule has 0 aliphatic carbocycles. The normalized spacial score (nSPS) is 20.3. The fraction of sp³-hybridized carbons (Fsp3) is 0.667. The van der Waals surface area contributed by atoms with Crippen LogP contribution in [0.15, 0.2) is 24.3 Å². The summed E-state index contributed by atoms with van der Waals surface area (Å²) in [5.41, 5.74) is 1.85. The molecule has 1 unspecified atom stereocenters. The molecule has 3 atom stereocenters. The highest BCUT2D eigenvalue weighted by atomic mass is 16.5. The van der Waals surface area contributed by atoms with Crippen molar-refractivity contribution in [1.29, 1.82) is 0 Å². The number of ether oxygens (including phenoxy) is 1. The summed E-state index contributed by atoms with van der Waals surface area (Å²) in [6.07, 6.45) is 2.27. The van der Waals surface area contributed by atoms with Gasteiger partial charge in [-0.3, -0.25) is 4.79 Å². The first-order valence-electron chi connectivity index (χ1n) is 11.6. The molecule has 0 radical (unpaired) electrons. The second kappa shape index (κ2) is 11.1. The number of piperidine rings is 1. The molecular formula is C24H38N4O3. The average Bonchev–Trinajstić information content (AvgIpc) is 3.13. The Balaban J connectivity index is 1.91. The zero-order chi connectivity index (χ0) is 22.4. The standard InChI is InChI=1S/C24H38N4O3/c1-17(2)16-28(20-13-19(18(3)29)14-25-15-20)24(30)23-26-21-9-5-6-10-22(21)27(23)11-7-8-12-31-4/h5-6,9-10,17-20,25,29H,7-8,11-16H2,1-4H3/t18?,19-,20+/m1/s1. The number of nitrogens with zero attached hydrogens (tertiary/aromatic N) is 3. The van der Waals surface area contributed by atoms with Gasteiger partial charge in [-0.05, 0) is 50.2 Å². The van der Waals surface area contributed by atoms with Crippen LogP contribution in [0.25, 0.3) is 11.0 Å². The number of fused-ring (bicyclic) bond motifs is 1. The van der Waals surface area contributed by atoms with Crippen molar-refractivity contribution in [2.45, 2.75) is 58.7 Å². The molecule has 1 fully saturated rings. The Morgan fingerprint density at radius 1 is 1.29 bits per heavy atom. The number of hydrogen-bond acceptors (Lipinski definition) is 5. The van der Waals surface area contributed by atoms with Crippen molar-refractivity contribution >= 4 is 16.9 Å². The van der Waals surface area contributed by atoms with Crippen molar-refractivity contribution in [3.8, 4) is 0 Å². The van der Waals surface area contributed by atoms with Gasteiger partial charge >= 0.3 is 0 Å². The van der Waals surface area contributed by atoms with Crippen LogP contribution in [-0.4, -0.2) is 71.0 Å². The smallest absolute Gasteiger partial charge is 0.290 e. The molecular weight excluding hydrogens is 392 g/mol. The van der Waals surface area contributed by atoms with Gasteiger partial charge in [0.25, 0.3) is 5.91 Å². The molecule has 0 spiro atoms. The van der Waals surface area contributed by atoms with Crippen LogP contribution in [0.2, 0.25) is 0 Å². The lowest BCUT2D eigenvalue weighted by atomic mass is 9.90. The van der Waals surface area contributed by atoms with Crippen LogP contribution in [-0.2, 0) is 11.3 Å². The molecule has 0 bridgehead atoms. The number of imidazole rings is 1. The number of aryl methyl sites for hydroxylation is 1. The first-order valence-corrected chi connectivity index (χ1v) is 11.6. The van der Waals surface area contributed by atoms with Gasteiger partial charge in [-0.2, -0.15) is 0 Å². The highest BCUT2D eigenvalue weighted by molar-refractivity contribution is 5.95. The molecule has 0 saturated carbocycles. The molecule has 1 aliphatic heterocycles. The number of rotatable bonds is 10. The third-order valence-corrected chi connectivity index (χ3v) is 6.13. The van der Waals surface area contributed by atoms with E-state index in [1.165, 1.54) is 0 Å². The zero-order valence-electron chi connectivity index (χ0n) is 19.4. The molecule has 31 heavy (non-hydrogen) atoms. The summed E-state index contributed by atoms with van der Waals surface area (Å²) in [7, 11) is 1.71. The van der Waals surface area contributed by atoms with Gasteiger partial charge in [0, 0.05) is 45.9 Å². The summed E-state index contributed by atoms with van der Waals surface area (Å²) in [5, 5.41) is 13.5. The lowest BCUT2D eigenvalue weighted by Gasteiger charge is -2.39. The van der Waals surface area contributed by atoms with Crippen LogP contribution in [0.1, 0.15) is 50.7 Å². The number of hydrogen-bond donors (Lipinski definition) is 2. The van der Waals surface area contributed by atoms with Crippen LogP contribution >= 0.6 is 0 Å². The van der Waals surface area contributed by atoms with Gasteiger partial charge in [0.15, 0.2) is 5.82 Å². The summed E-state index contributed by atoms with van der Waals surface area (Å²) < 4.78 is 7.26. The number of para-hydroxylation sites is 2. The van der Waals surface area contributed by atoms with E-state index in [2.05, 4.69) is 23.7 Å². The summed E-state index contributed by atoms with van der Waals surface area (Å²) in [5.74, 6) is 0.984. The predicted octanol–water partition coefficient (Wildman–Crippen LogP) is 2.92. The van der Waals surface area contributed by atoms with Crippen molar-refractivity contribution in [1.82, 2.24) is 19.8 Å². The van der Waals surface area contributed by atoms with Crippen molar-refractivity contribution in [2.24, 2.45) is 11.8 Å². The van der Waals surface area contributed by atoms with Gasteiger partial charge in [-0.15, -0.1) is 0 Å². The quantitative estimate of drug-likeness (QED) is 0.567. The molecule has 1 aromatic carbocycles. The molecule has 2 aromatic rings. The van der Waals surface area contributed by atoms with Gasteiger partial charge in [-0.1, -0.05) is 26.0 Å². The topological polar surface area (TPSA) is 79.6 Å². The number of benzene rings is 1. The number of aromatic nitrogens is 2. The number of carbonyl (C=O) groups excluding carboxylic acids is 1. The lowest BCUT2D eigenvalue weighted by molar-refractivity contribution is 0.0435. The SMILES string of the molecule is COCCCCn1c(C(=O)N(CC(C)C)[C@@H]2CNC[C@H](C(C)O)C2)nc2ccccc21. The Morgan fingerprint density at radius 2 is 2.06 bits per heavy atom. The third-order valence-electron chi connectivity index (χ3n) is 6.13. The zero-order valence-corrected chi connectivity index (χ0v) is 19.4. The highest BCUT2D eigenvalue weighted by Crippen LogP contribution is 2.24. The van der Waals surface area contributed by atoms with Gasteiger partial charge in [-0.25, -0.2) is 4.98 Å². The van der Waals surface area contributed by atoms with Crippen molar-refractivity contribution in [3.63, 3.8) is 0 Å². The fourth-order valence-corrected chi connectivity index (χ4v) is 4.46. The van der Waals surface area contributed by atoms with Crippen molar-refractivity contribution in [2.75, 3.05) is 33.4 Å².